The summed E-state index contributed by atoms with van der Waals surface area (Å²) in [6, 6.07) is 5.02. The molecule has 2 rings (SSSR count). The lowest BCUT2D eigenvalue weighted by molar-refractivity contribution is -0.127. The molecule has 23 heavy (non-hydrogen) atoms. The van der Waals surface area contributed by atoms with Crippen molar-refractivity contribution in [2.45, 2.75) is 19.3 Å². The van der Waals surface area contributed by atoms with E-state index in [1.54, 1.807) is 0 Å². The van der Waals surface area contributed by atoms with Gasteiger partial charge in [-0.1, -0.05) is 0 Å². The van der Waals surface area contributed by atoms with Crippen LogP contribution >= 0.6 is 0 Å². The summed E-state index contributed by atoms with van der Waals surface area (Å²) in [5.41, 5.74) is 0.167. The van der Waals surface area contributed by atoms with E-state index in [0.29, 0.717) is 6.42 Å². The van der Waals surface area contributed by atoms with E-state index in [1.165, 1.54) is 24.3 Å². The molecule has 126 valence electrons. The molecule has 0 radical (unpaired) electrons. The van der Waals surface area contributed by atoms with Crippen molar-refractivity contribution in [1.82, 2.24) is 0 Å². The second-order valence-electron chi connectivity index (χ2n) is 5.36. The Balaban J connectivity index is 0.000000231. The van der Waals surface area contributed by atoms with Crippen molar-refractivity contribution in [3.8, 4) is 0 Å². The van der Waals surface area contributed by atoms with Crippen LogP contribution in [0, 0.1) is 11.8 Å². The summed E-state index contributed by atoms with van der Waals surface area (Å²) < 4.78 is 0. The Morgan fingerprint density at radius 3 is 1.70 bits per heavy atom. The van der Waals surface area contributed by atoms with Gasteiger partial charge >= 0.3 is 11.9 Å². The maximum Gasteiger partial charge on any atom is 0.335 e. The molecule has 0 aromatic heterocycles. The standard InChI is InChI=1S/C8H6O4.C8H14O3/c9-7(10)5-1-2-6(4-3-5)8(11)12;9-4-6-1-2-7(5-10)8(11)3-6/h1-4H,(H,9,10)(H,11,12);6-7,9-10H,1-5H2. The predicted molar refractivity (Wildman–Crippen MR) is 80.4 cm³/mol. The van der Waals surface area contributed by atoms with Gasteiger partial charge in [-0.25, -0.2) is 9.59 Å². The van der Waals surface area contributed by atoms with Crippen molar-refractivity contribution >= 4 is 17.7 Å². The summed E-state index contributed by atoms with van der Waals surface area (Å²) >= 11 is 0. The van der Waals surface area contributed by atoms with E-state index in [1.807, 2.05) is 0 Å². The number of carbonyl (C=O) groups is 3. The van der Waals surface area contributed by atoms with E-state index < -0.39 is 11.9 Å². The minimum absolute atomic E-state index is 0.0308. The Morgan fingerprint density at radius 2 is 1.39 bits per heavy atom. The monoisotopic (exact) mass is 324 g/mol. The summed E-state index contributed by atoms with van der Waals surface area (Å²) in [6.07, 6.45) is 2.05. The van der Waals surface area contributed by atoms with Crippen LogP contribution in [0.3, 0.4) is 0 Å². The van der Waals surface area contributed by atoms with E-state index in [4.69, 9.17) is 20.4 Å². The Kier molecular flexibility index (Phi) is 7.37. The highest BCUT2D eigenvalue weighted by Gasteiger charge is 2.27. The first-order valence-corrected chi connectivity index (χ1v) is 7.20. The van der Waals surface area contributed by atoms with Crippen LogP contribution in [-0.4, -0.2) is 51.4 Å². The molecular weight excluding hydrogens is 304 g/mol. The van der Waals surface area contributed by atoms with Crippen LogP contribution in [0.2, 0.25) is 0 Å². The SMILES string of the molecule is O=C(O)c1ccc(C(=O)O)cc1.O=C1CC(CO)CCC1CO. The van der Waals surface area contributed by atoms with Gasteiger partial charge in [-0.05, 0) is 43.0 Å². The third-order valence-corrected chi connectivity index (χ3v) is 3.73. The molecule has 7 heteroatoms. The first-order valence-electron chi connectivity index (χ1n) is 7.20. The Bertz CT molecular complexity index is 517. The molecule has 0 heterocycles. The Hall–Kier alpha value is -2.25. The van der Waals surface area contributed by atoms with Crippen molar-refractivity contribution < 1.29 is 34.8 Å². The normalized spacial score (nSPS) is 20.3. The zero-order valence-electron chi connectivity index (χ0n) is 12.5. The van der Waals surface area contributed by atoms with Crippen LogP contribution in [0.15, 0.2) is 24.3 Å². The number of benzene rings is 1. The smallest absolute Gasteiger partial charge is 0.335 e. The van der Waals surface area contributed by atoms with Gasteiger partial charge < -0.3 is 20.4 Å². The highest BCUT2D eigenvalue weighted by molar-refractivity contribution is 5.91. The number of aromatic carboxylic acids is 2. The van der Waals surface area contributed by atoms with Crippen molar-refractivity contribution in [2.24, 2.45) is 11.8 Å². The summed E-state index contributed by atoms with van der Waals surface area (Å²) in [7, 11) is 0. The number of hydrogen-bond acceptors (Lipinski definition) is 5. The fourth-order valence-electron chi connectivity index (χ4n) is 2.26. The largest absolute Gasteiger partial charge is 0.478 e. The molecular formula is C16H20O7. The van der Waals surface area contributed by atoms with Crippen LogP contribution in [0.1, 0.15) is 40.0 Å². The van der Waals surface area contributed by atoms with E-state index >= 15 is 0 Å². The average molecular weight is 324 g/mol. The van der Waals surface area contributed by atoms with Gasteiger partial charge in [0.15, 0.2) is 0 Å². The zero-order chi connectivity index (χ0) is 17.4. The number of rotatable bonds is 4. The van der Waals surface area contributed by atoms with Gasteiger partial charge in [0, 0.05) is 18.9 Å². The van der Waals surface area contributed by atoms with Crippen LogP contribution in [0.25, 0.3) is 0 Å². The second kappa shape index (κ2) is 9.02. The number of hydrogen-bond donors (Lipinski definition) is 4. The van der Waals surface area contributed by atoms with E-state index in [2.05, 4.69) is 0 Å². The molecule has 1 fully saturated rings. The first-order chi connectivity index (χ1) is 10.9. The molecule has 1 aromatic carbocycles. The van der Waals surface area contributed by atoms with E-state index in [0.717, 1.165) is 12.8 Å². The quantitative estimate of drug-likeness (QED) is 0.650. The average Bonchev–Trinajstić information content (AvgIpc) is 2.55. The van der Waals surface area contributed by atoms with E-state index in [9.17, 15) is 14.4 Å². The minimum atomic E-state index is -1.06. The van der Waals surface area contributed by atoms with Gasteiger partial charge in [0.2, 0.25) is 0 Å². The van der Waals surface area contributed by atoms with Crippen LogP contribution < -0.4 is 0 Å². The Labute approximate surface area is 133 Å². The Morgan fingerprint density at radius 1 is 0.913 bits per heavy atom. The number of aliphatic hydroxyl groups excluding tert-OH is 2. The third-order valence-electron chi connectivity index (χ3n) is 3.73. The lowest BCUT2D eigenvalue weighted by Crippen LogP contribution is -2.28. The zero-order valence-corrected chi connectivity index (χ0v) is 12.5. The van der Waals surface area contributed by atoms with Gasteiger partial charge in [-0.3, -0.25) is 4.79 Å². The summed E-state index contributed by atoms with van der Waals surface area (Å²) in [4.78, 5) is 31.8. The second-order valence-corrected chi connectivity index (χ2v) is 5.36. The number of carboxylic acids is 2. The van der Waals surface area contributed by atoms with Crippen LogP contribution in [0.5, 0.6) is 0 Å². The van der Waals surface area contributed by atoms with Gasteiger partial charge in [0.25, 0.3) is 0 Å². The molecule has 0 spiro atoms. The number of Topliss-reactive ketones (excluding diaryl/α,β-unsaturated/α-hetero) is 1. The maximum absolute atomic E-state index is 11.1. The van der Waals surface area contributed by atoms with Gasteiger partial charge in [-0.2, -0.15) is 0 Å². The molecule has 2 atom stereocenters. The number of carboxylic acid groups (broad SMARTS) is 2. The van der Waals surface area contributed by atoms with Crippen molar-refractivity contribution in [2.75, 3.05) is 13.2 Å². The van der Waals surface area contributed by atoms with Gasteiger partial charge in [0.05, 0.1) is 17.7 Å². The fraction of sp³-hybridized carbons (Fsp3) is 0.438. The van der Waals surface area contributed by atoms with Gasteiger partial charge in [-0.15, -0.1) is 0 Å². The lowest BCUT2D eigenvalue weighted by atomic mass is 9.82. The summed E-state index contributed by atoms with van der Waals surface area (Å²) in [6.45, 7) is 0.0703. The highest BCUT2D eigenvalue weighted by atomic mass is 16.4. The minimum Gasteiger partial charge on any atom is -0.478 e. The molecule has 1 aliphatic rings. The fourth-order valence-corrected chi connectivity index (χ4v) is 2.26. The number of aliphatic hydroxyl groups is 2. The third kappa shape index (κ3) is 5.80. The molecule has 0 amide bonds. The molecule has 1 aliphatic carbocycles. The van der Waals surface area contributed by atoms with Crippen molar-refractivity contribution in [3.05, 3.63) is 35.4 Å². The van der Waals surface area contributed by atoms with Crippen molar-refractivity contribution in [3.63, 3.8) is 0 Å². The topological polar surface area (TPSA) is 132 Å². The van der Waals surface area contributed by atoms with Crippen LogP contribution in [0.4, 0.5) is 0 Å². The summed E-state index contributed by atoms with van der Waals surface area (Å²) in [5, 5.41) is 34.4. The molecule has 1 aromatic rings. The summed E-state index contributed by atoms with van der Waals surface area (Å²) in [5.74, 6) is -2.03. The molecule has 0 bridgehead atoms. The number of carbonyl (C=O) groups excluding carboxylic acids is 1. The van der Waals surface area contributed by atoms with Crippen LogP contribution in [-0.2, 0) is 4.79 Å². The molecule has 1 saturated carbocycles. The first kappa shape index (κ1) is 18.8. The van der Waals surface area contributed by atoms with Crippen molar-refractivity contribution in [1.29, 1.82) is 0 Å². The highest BCUT2D eigenvalue weighted by Crippen LogP contribution is 2.24. The lowest BCUT2D eigenvalue weighted by Gasteiger charge is -2.24. The molecule has 2 unspecified atom stereocenters. The molecule has 7 nitrogen and oxygen atoms in total. The molecule has 0 saturated heterocycles. The predicted octanol–water partition coefficient (Wildman–Crippen LogP) is 1.04. The van der Waals surface area contributed by atoms with Gasteiger partial charge in [0.1, 0.15) is 5.78 Å². The van der Waals surface area contributed by atoms with E-state index in [-0.39, 0.29) is 42.0 Å². The molecule has 0 aliphatic heterocycles. The maximum atomic E-state index is 11.1. The number of ketones is 1. The molecule has 4 N–H and O–H groups in total.